The Balaban J connectivity index is 4.46. The zero-order chi connectivity index (χ0) is 18.2. The van der Waals surface area contributed by atoms with Gasteiger partial charge in [0, 0.05) is 13.6 Å². The Kier molecular flexibility index (Phi) is 9.04. The summed E-state index contributed by atoms with van der Waals surface area (Å²) >= 11 is 4.16. The molecule has 3 N–H and O–H groups in total. The van der Waals surface area contributed by atoms with Crippen molar-refractivity contribution in [1.82, 2.24) is 16.0 Å². The molecule has 23 heavy (non-hydrogen) atoms. The molecule has 8 heteroatoms. The fraction of sp³-hybridized carbons (Fsp3) is 0.800. The molecule has 0 spiro atoms. The van der Waals surface area contributed by atoms with Crippen molar-refractivity contribution in [2.45, 2.75) is 57.9 Å². The molecule has 2 atom stereocenters. The largest absolute Gasteiger partial charge is 0.444 e. The fourth-order valence-electron chi connectivity index (χ4n) is 1.73. The van der Waals surface area contributed by atoms with Crippen molar-refractivity contribution in [3.05, 3.63) is 0 Å². The van der Waals surface area contributed by atoms with Crippen LogP contribution >= 0.6 is 12.6 Å². The Morgan fingerprint density at radius 1 is 1.13 bits per heavy atom. The van der Waals surface area contributed by atoms with E-state index >= 15 is 0 Å². The Morgan fingerprint density at radius 2 is 1.70 bits per heavy atom. The average Bonchev–Trinajstić information content (AvgIpc) is 2.40. The highest BCUT2D eigenvalue weighted by atomic mass is 32.1. The van der Waals surface area contributed by atoms with Gasteiger partial charge in [-0.1, -0.05) is 13.8 Å². The highest BCUT2D eigenvalue weighted by Gasteiger charge is 2.25. The maximum absolute atomic E-state index is 12.1. The van der Waals surface area contributed by atoms with Crippen LogP contribution in [0, 0.1) is 5.92 Å². The quantitative estimate of drug-likeness (QED) is 0.518. The van der Waals surface area contributed by atoms with Crippen molar-refractivity contribution < 1.29 is 19.1 Å². The summed E-state index contributed by atoms with van der Waals surface area (Å²) in [5.74, 6) is -0.429. The van der Waals surface area contributed by atoms with Gasteiger partial charge >= 0.3 is 6.09 Å². The van der Waals surface area contributed by atoms with Crippen molar-refractivity contribution >= 4 is 30.5 Å². The first-order chi connectivity index (χ1) is 10.5. The van der Waals surface area contributed by atoms with Gasteiger partial charge < -0.3 is 20.7 Å². The molecule has 134 valence electrons. The first kappa shape index (κ1) is 21.6. The van der Waals surface area contributed by atoms with E-state index in [0.29, 0.717) is 6.42 Å². The van der Waals surface area contributed by atoms with Crippen molar-refractivity contribution in [3.8, 4) is 0 Å². The highest BCUT2D eigenvalue weighted by molar-refractivity contribution is 7.81. The average molecular weight is 347 g/mol. The van der Waals surface area contributed by atoms with Gasteiger partial charge in [0.1, 0.15) is 11.6 Å². The third-order valence-electron chi connectivity index (χ3n) is 2.73. The molecule has 0 fully saturated rings. The van der Waals surface area contributed by atoms with Gasteiger partial charge in [-0.2, -0.15) is 12.6 Å². The SMILES string of the molecule is CNC(=O)[C@H](CC(C)C)NC(=O)C(S)CNC(=O)OC(C)(C)C. The monoisotopic (exact) mass is 347 g/mol. The van der Waals surface area contributed by atoms with Gasteiger partial charge in [-0.15, -0.1) is 0 Å². The van der Waals surface area contributed by atoms with Crippen LogP contribution in [0.15, 0.2) is 0 Å². The van der Waals surface area contributed by atoms with Crippen LogP contribution in [0.25, 0.3) is 0 Å². The Morgan fingerprint density at radius 3 is 2.13 bits per heavy atom. The lowest BCUT2D eigenvalue weighted by Crippen LogP contribution is -2.50. The minimum absolute atomic E-state index is 0.00595. The fourth-order valence-corrected chi connectivity index (χ4v) is 1.90. The molecule has 0 rings (SSSR count). The highest BCUT2D eigenvalue weighted by Crippen LogP contribution is 2.08. The van der Waals surface area contributed by atoms with E-state index in [2.05, 4.69) is 28.6 Å². The van der Waals surface area contributed by atoms with Gasteiger partial charge in [0.25, 0.3) is 0 Å². The maximum Gasteiger partial charge on any atom is 0.407 e. The van der Waals surface area contributed by atoms with Crippen LogP contribution in [0.5, 0.6) is 0 Å². The lowest BCUT2D eigenvalue weighted by Gasteiger charge is -2.22. The third kappa shape index (κ3) is 10.0. The number of rotatable bonds is 7. The molecule has 0 aliphatic rings. The van der Waals surface area contributed by atoms with Crippen molar-refractivity contribution in [2.75, 3.05) is 13.6 Å². The van der Waals surface area contributed by atoms with Gasteiger partial charge in [-0.3, -0.25) is 9.59 Å². The molecule has 0 saturated heterocycles. The molecule has 0 aromatic carbocycles. The van der Waals surface area contributed by atoms with Gasteiger partial charge in [-0.25, -0.2) is 4.79 Å². The van der Waals surface area contributed by atoms with Gasteiger partial charge in [0.2, 0.25) is 11.8 Å². The van der Waals surface area contributed by atoms with Crippen LogP contribution in [0.2, 0.25) is 0 Å². The molecule has 0 saturated carbocycles. The standard InChI is InChI=1S/C15H29N3O4S/c1-9(2)7-10(12(19)16-6)18-13(20)11(23)8-17-14(21)22-15(3,4)5/h9-11,23H,7-8H2,1-6H3,(H,16,19)(H,17,21)(H,18,20)/t10-,11?/m0/s1. The molecule has 0 bridgehead atoms. The van der Waals surface area contributed by atoms with Crippen LogP contribution in [0.3, 0.4) is 0 Å². The lowest BCUT2D eigenvalue weighted by molar-refractivity contribution is -0.128. The zero-order valence-electron chi connectivity index (χ0n) is 14.7. The van der Waals surface area contributed by atoms with Crippen LogP contribution in [0.1, 0.15) is 41.0 Å². The molecule has 3 amide bonds. The Labute approximate surface area is 143 Å². The number of nitrogens with one attached hydrogen (secondary N) is 3. The number of alkyl carbamates (subject to hydrolysis) is 1. The van der Waals surface area contributed by atoms with Crippen molar-refractivity contribution in [2.24, 2.45) is 5.92 Å². The summed E-state index contributed by atoms with van der Waals surface area (Å²) in [5, 5.41) is 6.88. The minimum atomic E-state index is -0.776. The third-order valence-corrected chi connectivity index (χ3v) is 3.14. The molecule has 0 aliphatic carbocycles. The second-order valence-electron chi connectivity index (χ2n) is 6.70. The number of likely N-dealkylation sites (N-methyl/N-ethyl adjacent to an activating group) is 1. The van der Waals surface area contributed by atoms with Crippen molar-refractivity contribution in [1.29, 1.82) is 0 Å². The smallest absolute Gasteiger partial charge is 0.407 e. The molecule has 0 radical (unpaired) electrons. The summed E-state index contributed by atoms with van der Waals surface area (Å²) < 4.78 is 5.08. The molecule has 0 aromatic heterocycles. The Hall–Kier alpha value is -1.44. The first-order valence-electron chi connectivity index (χ1n) is 7.63. The van der Waals surface area contributed by atoms with E-state index in [1.165, 1.54) is 7.05 Å². The molecular weight excluding hydrogens is 318 g/mol. The van der Waals surface area contributed by atoms with E-state index in [1.807, 2.05) is 13.8 Å². The van der Waals surface area contributed by atoms with Gasteiger partial charge in [-0.05, 0) is 33.1 Å². The number of carbonyl (C=O) groups is 3. The first-order valence-corrected chi connectivity index (χ1v) is 8.14. The predicted molar refractivity (Wildman–Crippen MR) is 92.5 cm³/mol. The van der Waals surface area contributed by atoms with E-state index in [1.54, 1.807) is 20.8 Å². The van der Waals surface area contributed by atoms with Crippen LogP contribution < -0.4 is 16.0 Å². The minimum Gasteiger partial charge on any atom is -0.444 e. The number of carbonyl (C=O) groups excluding carboxylic acids is 3. The lowest BCUT2D eigenvalue weighted by atomic mass is 10.0. The molecule has 0 aromatic rings. The van der Waals surface area contributed by atoms with E-state index in [4.69, 9.17) is 4.74 Å². The molecule has 1 unspecified atom stereocenters. The maximum atomic E-state index is 12.1. The number of amides is 3. The van der Waals surface area contributed by atoms with E-state index in [-0.39, 0.29) is 18.4 Å². The van der Waals surface area contributed by atoms with E-state index in [0.717, 1.165) is 0 Å². The summed E-state index contributed by atoms with van der Waals surface area (Å²) in [7, 11) is 1.52. The van der Waals surface area contributed by atoms with Crippen LogP contribution in [-0.4, -0.2) is 48.4 Å². The summed E-state index contributed by atoms with van der Waals surface area (Å²) in [5.41, 5.74) is -0.611. The van der Waals surface area contributed by atoms with Gasteiger partial charge in [0.05, 0.1) is 5.25 Å². The summed E-state index contributed by atoms with van der Waals surface area (Å²) in [6.07, 6.45) is -0.0971. The van der Waals surface area contributed by atoms with Crippen molar-refractivity contribution in [3.63, 3.8) is 0 Å². The number of hydrogen-bond donors (Lipinski definition) is 4. The predicted octanol–water partition coefficient (Wildman–Crippen LogP) is 1.09. The number of ether oxygens (including phenoxy) is 1. The second-order valence-corrected chi connectivity index (χ2v) is 7.33. The zero-order valence-corrected chi connectivity index (χ0v) is 15.6. The second kappa shape index (κ2) is 9.64. The van der Waals surface area contributed by atoms with Crippen LogP contribution in [-0.2, 0) is 14.3 Å². The normalized spacial score (nSPS) is 13.9. The van der Waals surface area contributed by atoms with Gasteiger partial charge in [0.15, 0.2) is 0 Å². The number of thiol groups is 1. The molecule has 0 aliphatic heterocycles. The number of hydrogen-bond acceptors (Lipinski definition) is 5. The molecule has 7 nitrogen and oxygen atoms in total. The Bertz CT molecular complexity index is 421. The summed E-state index contributed by atoms with van der Waals surface area (Å²) in [6.45, 7) is 9.17. The summed E-state index contributed by atoms with van der Waals surface area (Å²) in [6, 6.07) is -0.622. The van der Waals surface area contributed by atoms with Crippen LogP contribution in [0.4, 0.5) is 4.79 Å². The molecular formula is C15H29N3O4S. The summed E-state index contributed by atoms with van der Waals surface area (Å²) in [4.78, 5) is 35.4. The van der Waals surface area contributed by atoms with E-state index in [9.17, 15) is 14.4 Å². The molecule has 0 heterocycles. The topological polar surface area (TPSA) is 96.5 Å². The van der Waals surface area contributed by atoms with E-state index < -0.39 is 28.9 Å².